The van der Waals surface area contributed by atoms with E-state index in [9.17, 15) is 4.79 Å². The minimum absolute atomic E-state index is 0.0430. The Balaban J connectivity index is 2.32. The van der Waals surface area contributed by atoms with Crippen molar-refractivity contribution in [3.63, 3.8) is 0 Å². The Morgan fingerprint density at radius 3 is 2.79 bits per heavy atom. The lowest BCUT2D eigenvalue weighted by molar-refractivity contribution is -0.122. The van der Waals surface area contributed by atoms with Gasteiger partial charge in [-0.05, 0) is 12.5 Å². The van der Waals surface area contributed by atoms with Crippen molar-refractivity contribution < 1.29 is 14.3 Å². The van der Waals surface area contributed by atoms with E-state index in [1.54, 1.807) is 26.5 Å². The summed E-state index contributed by atoms with van der Waals surface area (Å²) in [5.41, 5.74) is 0.998. The summed E-state index contributed by atoms with van der Waals surface area (Å²) in [6.45, 7) is 3.43. The zero-order valence-corrected chi connectivity index (χ0v) is 11.6. The van der Waals surface area contributed by atoms with E-state index < -0.39 is 0 Å². The van der Waals surface area contributed by atoms with Gasteiger partial charge in [0, 0.05) is 32.5 Å². The molecule has 2 N–H and O–H groups in total. The summed E-state index contributed by atoms with van der Waals surface area (Å²) in [5.74, 6) is 0.535. The molecule has 0 bridgehead atoms. The lowest BCUT2D eigenvalue weighted by atomic mass is 10.2. The van der Waals surface area contributed by atoms with Crippen LogP contribution in [-0.4, -0.2) is 44.3 Å². The summed E-state index contributed by atoms with van der Waals surface area (Å²) in [6.07, 6.45) is 1.72. The SMILES string of the molecule is COCCNC(=O)C(C)NCc1ccc(OC)nc1. The number of nitrogens with one attached hydrogen (secondary N) is 2. The molecule has 0 aliphatic heterocycles. The van der Waals surface area contributed by atoms with Crippen LogP contribution >= 0.6 is 0 Å². The molecule has 106 valence electrons. The van der Waals surface area contributed by atoms with Crippen molar-refractivity contribution in [1.82, 2.24) is 15.6 Å². The van der Waals surface area contributed by atoms with Crippen LogP contribution in [0.4, 0.5) is 0 Å². The molecule has 0 spiro atoms. The van der Waals surface area contributed by atoms with E-state index in [0.29, 0.717) is 25.6 Å². The zero-order valence-electron chi connectivity index (χ0n) is 11.6. The minimum Gasteiger partial charge on any atom is -0.481 e. The summed E-state index contributed by atoms with van der Waals surface area (Å²) in [6, 6.07) is 3.44. The van der Waals surface area contributed by atoms with Crippen LogP contribution in [-0.2, 0) is 16.1 Å². The molecule has 19 heavy (non-hydrogen) atoms. The van der Waals surface area contributed by atoms with Crippen LogP contribution in [0.2, 0.25) is 0 Å². The molecule has 1 heterocycles. The van der Waals surface area contributed by atoms with Crippen LogP contribution in [0, 0.1) is 0 Å². The Morgan fingerprint density at radius 2 is 2.21 bits per heavy atom. The maximum atomic E-state index is 11.7. The van der Waals surface area contributed by atoms with Gasteiger partial charge in [0.05, 0.1) is 19.8 Å². The van der Waals surface area contributed by atoms with Crippen LogP contribution in [0.25, 0.3) is 0 Å². The van der Waals surface area contributed by atoms with Crippen molar-refractivity contribution >= 4 is 5.91 Å². The standard InChI is InChI=1S/C13H21N3O3/c1-10(13(17)14-6-7-18-2)15-8-11-4-5-12(19-3)16-9-11/h4-5,9-10,15H,6-8H2,1-3H3,(H,14,17). The lowest BCUT2D eigenvalue weighted by Crippen LogP contribution is -2.42. The molecular formula is C13H21N3O3. The first kappa shape index (κ1) is 15.4. The van der Waals surface area contributed by atoms with Crippen molar-refractivity contribution in [3.8, 4) is 5.88 Å². The molecule has 0 aliphatic rings. The van der Waals surface area contributed by atoms with E-state index in [1.807, 2.05) is 13.0 Å². The molecule has 0 aliphatic carbocycles. The quantitative estimate of drug-likeness (QED) is 0.664. The van der Waals surface area contributed by atoms with Crippen molar-refractivity contribution in [2.24, 2.45) is 0 Å². The normalized spacial score (nSPS) is 11.9. The summed E-state index contributed by atoms with van der Waals surface area (Å²) >= 11 is 0. The van der Waals surface area contributed by atoms with Gasteiger partial charge in [0.1, 0.15) is 0 Å². The molecule has 1 rings (SSSR count). The fourth-order valence-corrected chi connectivity index (χ4v) is 1.43. The maximum Gasteiger partial charge on any atom is 0.236 e. The van der Waals surface area contributed by atoms with Gasteiger partial charge >= 0.3 is 0 Å². The summed E-state index contributed by atoms with van der Waals surface area (Å²) < 4.78 is 9.85. The molecule has 0 fully saturated rings. The molecule has 0 aromatic carbocycles. The monoisotopic (exact) mass is 267 g/mol. The Hall–Kier alpha value is -1.66. The number of nitrogens with zero attached hydrogens (tertiary/aromatic N) is 1. The number of aromatic nitrogens is 1. The smallest absolute Gasteiger partial charge is 0.236 e. The molecular weight excluding hydrogens is 246 g/mol. The Morgan fingerprint density at radius 1 is 1.42 bits per heavy atom. The van der Waals surface area contributed by atoms with Crippen LogP contribution in [0.1, 0.15) is 12.5 Å². The van der Waals surface area contributed by atoms with E-state index in [1.165, 1.54) is 0 Å². The fourth-order valence-electron chi connectivity index (χ4n) is 1.43. The summed E-state index contributed by atoms with van der Waals surface area (Å²) in [4.78, 5) is 15.8. The molecule has 0 saturated heterocycles. The second-order valence-electron chi connectivity index (χ2n) is 4.10. The number of hydrogen-bond acceptors (Lipinski definition) is 5. The number of ether oxygens (including phenoxy) is 2. The predicted molar refractivity (Wildman–Crippen MR) is 72.0 cm³/mol. The van der Waals surface area contributed by atoms with Gasteiger partial charge in [-0.15, -0.1) is 0 Å². The number of amides is 1. The number of hydrogen-bond donors (Lipinski definition) is 2. The molecule has 1 aromatic heterocycles. The molecule has 0 saturated carbocycles. The highest BCUT2D eigenvalue weighted by Gasteiger charge is 2.11. The fraction of sp³-hybridized carbons (Fsp3) is 0.538. The summed E-state index contributed by atoms with van der Waals surface area (Å²) in [7, 11) is 3.18. The first-order valence-corrected chi connectivity index (χ1v) is 6.16. The highest BCUT2D eigenvalue weighted by Crippen LogP contribution is 2.06. The van der Waals surface area contributed by atoms with E-state index in [0.717, 1.165) is 5.56 Å². The van der Waals surface area contributed by atoms with Gasteiger partial charge in [-0.25, -0.2) is 4.98 Å². The van der Waals surface area contributed by atoms with Crippen molar-refractivity contribution in [2.75, 3.05) is 27.4 Å². The zero-order chi connectivity index (χ0) is 14.1. The average molecular weight is 267 g/mol. The second kappa shape index (κ2) is 8.44. The van der Waals surface area contributed by atoms with Gasteiger partial charge in [0.25, 0.3) is 0 Å². The van der Waals surface area contributed by atoms with Crippen LogP contribution in [0.3, 0.4) is 0 Å². The van der Waals surface area contributed by atoms with Gasteiger partial charge in [-0.1, -0.05) is 6.07 Å². The third-order valence-electron chi connectivity index (χ3n) is 2.62. The Bertz CT molecular complexity index is 381. The van der Waals surface area contributed by atoms with Crippen molar-refractivity contribution in [3.05, 3.63) is 23.9 Å². The van der Waals surface area contributed by atoms with Gasteiger partial charge in [0.15, 0.2) is 0 Å². The molecule has 0 radical (unpaired) electrons. The van der Waals surface area contributed by atoms with E-state index >= 15 is 0 Å². The van der Waals surface area contributed by atoms with E-state index in [-0.39, 0.29) is 11.9 Å². The third-order valence-corrected chi connectivity index (χ3v) is 2.62. The molecule has 6 nitrogen and oxygen atoms in total. The number of carbonyl (C=O) groups is 1. The highest BCUT2D eigenvalue weighted by atomic mass is 16.5. The molecule has 1 aromatic rings. The first-order valence-electron chi connectivity index (χ1n) is 6.16. The van der Waals surface area contributed by atoms with Crippen LogP contribution in [0.5, 0.6) is 5.88 Å². The van der Waals surface area contributed by atoms with Gasteiger partial charge in [0.2, 0.25) is 11.8 Å². The minimum atomic E-state index is -0.265. The highest BCUT2D eigenvalue weighted by molar-refractivity contribution is 5.81. The number of methoxy groups -OCH3 is 2. The number of pyridine rings is 1. The lowest BCUT2D eigenvalue weighted by Gasteiger charge is -2.13. The average Bonchev–Trinajstić information content (AvgIpc) is 2.45. The first-order chi connectivity index (χ1) is 9.17. The summed E-state index contributed by atoms with van der Waals surface area (Å²) in [5, 5.41) is 5.91. The second-order valence-corrected chi connectivity index (χ2v) is 4.10. The number of carbonyl (C=O) groups excluding carboxylic acids is 1. The van der Waals surface area contributed by atoms with Crippen molar-refractivity contribution in [1.29, 1.82) is 0 Å². The molecule has 1 amide bonds. The van der Waals surface area contributed by atoms with Crippen molar-refractivity contribution in [2.45, 2.75) is 19.5 Å². The predicted octanol–water partition coefficient (Wildman–Crippen LogP) is 0.331. The van der Waals surface area contributed by atoms with Crippen LogP contribution < -0.4 is 15.4 Å². The molecule has 1 atom stereocenters. The Kier molecular flexibility index (Phi) is 6.84. The number of rotatable bonds is 8. The van der Waals surface area contributed by atoms with Gasteiger partial charge in [-0.2, -0.15) is 0 Å². The van der Waals surface area contributed by atoms with Gasteiger partial charge < -0.3 is 20.1 Å². The maximum absolute atomic E-state index is 11.7. The van der Waals surface area contributed by atoms with E-state index in [4.69, 9.17) is 9.47 Å². The largest absolute Gasteiger partial charge is 0.481 e. The van der Waals surface area contributed by atoms with E-state index in [2.05, 4.69) is 15.6 Å². The van der Waals surface area contributed by atoms with Crippen LogP contribution in [0.15, 0.2) is 18.3 Å². The third kappa shape index (κ3) is 5.67. The Labute approximate surface area is 113 Å². The molecule has 1 unspecified atom stereocenters. The molecule has 6 heteroatoms. The van der Waals surface area contributed by atoms with Gasteiger partial charge in [-0.3, -0.25) is 4.79 Å². The topological polar surface area (TPSA) is 72.5 Å².